The fourth-order valence-electron chi connectivity index (χ4n) is 2.25. The van der Waals surface area contributed by atoms with E-state index in [2.05, 4.69) is 6.07 Å². The zero-order valence-electron chi connectivity index (χ0n) is 10.8. The van der Waals surface area contributed by atoms with E-state index in [1.807, 2.05) is 37.8 Å². The second-order valence-corrected chi connectivity index (χ2v) is 5.71. The second kappa shape index (κ2) is 4.06. The number of rotatable bonds is 0. The molecule has 1 aromatic rings. The van der Waals surface area contributed by atoms with E-state index < -0.39 is 0 Å². The molecule has 17 heavy (non-hydrogen) atoms. The maximum Gasteiger partial charge on any atom is 0.228 e. The first-order chi connectivity index (χ1) is 7.89. The van der Waals surface area contributed by atoms with Crippen molar-refractivity contribution in [2.45, 2.75) is 33.7 Å². The summed E-state index contributed by atoms with van der Waals surface area (Å²) in [4.78, 5) is 14.1. The molecule has 1 amide bonds. The van der Waals surface area contributed by atoms with E-state index in [0.717, 1.165) is 24.2 Å². The average Bonchev–Trinajstić information content (AvgIpc) is 2.27. The molecule has 1 heterocycles. The second-order valence-electron chi connectivity index (χ2n) is 5.71. The van der Waals surface area contributed by atoms with Crippen LogP contribution in [0.4, 0.5) is 5.69 Å². The van der Waals surface area contributed by atoms with Crippen LogP contribution in [0.1, 0.15) is 31.9 Å². The Morgan fingerprint density at radius 1 is 1.35 bits per heavy atom. The highest BCUT2D eigenvalue weighted by atomic mass is 16.2. The van der Waals surface area contributed by atoms with Gasteiger partial charge in [0, 0.05) is 24.2 Å². The van der Waals surface area contributed by atoms with E-state index in [9.17, 15) is 4.79 Å². The first kappa shape index (κ1) is 12.0. The van der Waals surface area contributed by atoms with E-state index in [4.69, 9.17) is 5.73 Å². The number of hydrogen-bond acceptors (Lipinski definition) is 2. The SMILES string of the molecule is CC(C)(C)C(=O)N1CCc2cccc(N)c2C1. The number of nitrogens with zero attached hydrogens (tertiary/aromatic N) is 1. The van der Waals surface area contributed by atoms with Crippen LogP contribution in [0.15, 0.2) is 18.2 Å². The Morgan fingerprint density at radius 2 is 2.06 bits per heavy atom. The first-order valence-electron chi connectivity index (χ1n) is 6.05. The lowest BCUT2D eigenvalue weighted by Crippen LogP contribution is -2.42. The zero-order chi connectivity index (χ0) is 12.6. The summed E-state index contributed by atoms with van der Waals surface area (Å²) in [5.74, 6) is 0.200. The minimum absolute atomic E-state index is 0.200. The topological polar surface area (TPSA) is 46.3 Å². The Bertz CT molecular complexity index is 446. The predicted molar refractivity (Wildman–Crippen MR) is 69.4 cm³/mol. The standard InChI is InChI=1S/C14H20N2O/c1-14(2,3)13(17)16-8-7-10-5-4-6-12(15)11(10)9-16/h4-6H,7-9,15H2,1-3H3. The van der Waals surface area contributed by atoms with Crippen molar-refractivity contribution in [3.8, 4) is 0 Å². The summed E-state index contributed by atoms with van der Waals surface area (Å²) >= 11 is 0. The van der Waals surface area contributed by atoms with Gasteiger partial charge >= 0.3 is 0 Å². The monoisotopic (exact) mass is 232 g/mol. The summed E-state index contributed by atoms with van der Waals surface area (Å²) in [6, 6.07) is 5.99. The smallest absolute Gasteiger partial charge is 0.228 e. The van der Waals surface area contributed by atoms with Gasteiger partial charge in [0.25, 0.3) is 0 Å². The van der Waals surface area contributed by atoms with Gasteiger partial charge in [-0.05, 0) is 23.6 Å². The molecule has 92 valence electrons. The molecule has 0 atom stereocenters. The molecule has 0 bridgehead atoms. The summed E-state index contributed by atoms with van der Waals surface area (Å²) in [5, 5.41) is 0. The van der Waals surface area contributed by atoms with E-state index in [0.29, 0.717) is 6.54 Å². The Labute approximate surface area is 103 Å². The van der Waals surface area contributed by atoms with Gasteiger partial charge in [-0.25, -0.2) is 0 Å². The maximum atomic E-state index is 12.2. The molecule has 0 aromatic heterocycles. The molecule has 0 unspecified atom stereocenters. The molecule has 0 fully saturated rings. The van der Waals surface area contributed by atoms with Crippen LogP contribution in [0.2, 0.25) is 0 Å². The van der Waals surface area contributed by atoms with Crippen molar-refractivity contribution >= 4 is 11.6 Å². The van der Waals surface area contributed by atoms with Crippen LogP contribution < -0.4 is 5.73 Å². The molecule has 0 radical (unpaired) electrons. The van der Waals surface area contributed by atoms with E-state index >= 15 is 0 Å². The molecule has 1 aliphatic heterocycles. The van der Waals surface area contributed by atoms with Crippen molar-refractivity contribution < 1.29 is 4.79 Å². The largest absolute Gasteiger partial charge is 0.398 e. The molecular formula is C14H20N2O. The number of amides is 1. The number of carbonyl (C=O) groups is 1. The van der Waals surface area contributed by atoms with Crippen LogP contribution in [0.3, 0.4) is 0 Å². The summed E-state index contributed by atoms with van der Waals surface area (Å²) < 4.78 is 0. The van der Waals surface area contributed by atoms with E-state index in [1.54, 1.807) is 0 Å². The third-order valence-corrected chi connectivity index (χ3v) is 3.24. The third-order valence-electron chi connectivity index (χ3n) is 3.24. The zero-order valence-corrected chi connectivity index (χ0v) is 10.8. The number of anilines is 1. The Morgan fingerprint density at radius 3 is 2.71 bits per heavy atom. The lowest BCUT2D eigenvalue weighted by Gasteiger charge is -2.34. The van der Waals surface area contributed by atoms with Crippen LogP contribution in [0.25, 0.3) is 0 Å². The summed E-state index contributed by atoms with van der Waals surface area (Å²) in [7, 11) is 0. The maximum absolute atomic E-state index is 12.2. The molecule has 1 aliphatic rings. The van der Waals surface area contributed by atoms with E-state index in [1.165, 1.54) is 5.56 Å². The van der Waals surface area contributed by atoms with Crippen molar-refractivity contribution in [3.05, 3.63) is 29.3 Å². The Kier molecular flexibility index (Phi) is 2.86. The van der Waals surface area contributed by atoms with Crippen molar-refractivity contribution in [1.29, 1.82) is 0 Å². The Hall–Kier alpha value is -1.51. The Balaban J connectivity index is 2.25. The number of fused-ring (bicyclic) bond motifs is 1. The lowest BCUT2D eigenvalue weighted by molar-refractivity contribution is -0.140. The summed E-state index contributed by atoms with van der Waals surface area (Å²) in [6.45, 7) is 7.32. The number of benzene rings is 1. The molecule has 2 N–H and O–H groups in total. The number of hydrogen-bond donors (Lipinski definition) is 1. The molecule has 0 spiro atoms. The lowest BCUT2D eigenvalue weighted by atomic mass is 9.91. The normalized spacial score (nSPS) is 15.6. The number of carbonyl (C=O) groups excluding carboxylic acids is 1. The van der Waals surface area contributed by atoms with Gasteiger partial charge in [0.1, 0.15) is 0 Å². The first-order valence-corrected chi connectivity index (χ1v) is 6.05. The van der Waals surface area contributed by atoms with Gasteiger partial charge in [0.15, 0.2) is 0 Å². The van der Waals surface area contributed by atoms with Crippen LogP contribution in [0, 0.1) is 5.41 Å². The van der Waals surface area contributed by atoms with Gasteiger partial charge in [0.2, 0.25) is 5.91 Å². The molecule has 0 saturated heterocycles. The molecule has 3 nitrogen and oxygen atoms in total. The summed E-state index contributed by atoms with van der Waals surface area (Å²) in [5.41, 5.74) is 8.86. The van der Waals surface area contributed by atoms with Gasteiger partial charge in [-0.2, -0.15) is 0 Å². The van der Waals surface area contributed by atoms with Crippen LogP contribution in [0.5, 0.6) is 0 Å². The molecule has 0 saturated carbocycles. The van der Waals surface area contributed by atoms with Crippen LogP contribution >= 0.6 is 0 Å². The van der Waals surface area contributed by atoms with Crippen molar-refractivity contribution in [2.24, 2.45) is 5.41 Å². The number of nitrogen functional groups attached to an aromatic ring is 1. The molecular weight excluding hydrogens is 212 g/mol. The average molecular weight is 232 g/mol. The molecule has 2 rings (SSSR count). The van der Waals surface area contributed by atoms with Crippen molar-refractivity contribution in [2.75, 3.05) is 12.3 Å². The minimum Gasteiger partial charge on any atom is -0.398 e. The fourth-order valence-corrected chi connectivity index (χ4v) is 2.25. The van der Waals surface area contributed by atoms with Crippen molar-refractivity contribution in [1.82, 2.24) is 4.90 Å². The van der Waals surface area contributed by atoms with Gasteiger partial charge in [-0.3, -0.25) is 4.79 Å². The van der Waals surface area contributed by atoms with Gasteiger partial charge in [0.05, 0.1) is 0 Å². The fraction of sp³-hybridized carbons (Fsp3) is 0.500. The third kappa shape index (κ3) is 2.28. The van der Waals surface area contributed by atoms with Gasteiger partial charge in [-0.1, -0.05) is 32.9 Å². The highest BCUT2D eigenvalue weighted by Crippen LogP contribution is 2.27. The minimum atomic E-state index is -0.318. The highest BCUT2D eigenvalue weighted by Gasteiger charge is 2.29. The number of nitrogens with two attached hydrogens (primary N) is 1. The summed E-state index contributed by atoms with van der Waals surface area (Å²) in [6.07, 6.45) is 0.905. The molecule has 0 aliphatic carbocycles. The van der Waals surface area contributed by atoms with Gasteiger partial charge in [-0.15, -0.1) is 0 Å². The highest BCUT2D eigenvalue weighted by molar-refractivity contribution is 5.82. The van der Waals surface area contributed by atoms with Crippen LogP contribution in [-0.4, -0.2) is 17.4 Å². The molecule has 1 aromatic carbocycles. The molecule has 3 heteroatoms. The van der Waals surface area contributed by atoms with Crippen LogP contribution in [-0.2, 0) is 17.8 Å². The predicted octanol–water partition coefficient (Wildman–Crippen LogP) is 2.20. The van der Waals surface area contributed by atoms with Gasteiger partial charge < -0.3 is 10.6 Å². The van der Waals surface area contributed by atoms with Crippen molar-refractivity contribution in [3.63, 3.8) is 0 Å². The quantitative estimate of drug-likeness (QED) is 0.697. The van der Waals surface area contributed by atoms with E-state index in [-0.39, 0.29) is 11.3 Å².